The SMILES string of the molecule is CC(C)NCCN(C)Cc1c(F)cccc1Br. The molecule has 0 saturated carbocycles. The van der Waals surface area contributed by atoms with Gasteiger partial charge in [0.25, 0.3) is 0 Å². The van der Waals surface area contributed by atoms with Gasteiger partial charge >= 0.3 is 0 Å². The van der Waals surface area contributed by atoms with E-state index < -0.39 is 0 Å². The molecule has 1 rings (SSSR count). The van der Waals surface area contributed by atoms with E-state index in [0.29, 0.717) is 12.6 Å². The quantitative estimate of drug-likeness (QED) is 0.869. The van der Waals surface area contributed by atoms with Gasteiger partial charge in [0.2, 0.25) is 0 Å². The average Bonchev–Trinajstić information content (AvgIpc) is 2.23. The highest BCUT2D eigenvalue weighted by Crippen LogP contribution is 2.20. The molecular weight excluding hydrogens is 283 g/mol. The summed E-state index contributed by atoms with van der Waals surface area (Å²) < 4.78 is 14.4. The van der Waals surface area contributed by atoms with Gasteiger partial charge in [0, 0.05) is 35.7 Å². The van der Waals surface area contributed by atoms with E-state index in [1.165, 1.54) is 6.07 Å². The van der Waals surface area contributed by atoms with Crippen molar-refractivity contribution in [1.29, 1.82) is 0 Å². The molecule has 96 valence electrons. The average molecular weight is 303 g/mol. The van der Waals surface area contributed by atoms with Crippen LogP contribution in [0.1, 0.15) is 19.4 Å². The highest BCUT2D eigenvalue weighted by Gasteiger charge is 2.09. The first-order valence-electron chi connectivity index (χ1n) is 5.85. The number of benzene rings is 1. The van der Waals surface area contributed by atoms with Crippen LogP contribution in [0.3, 0.4) is 0 Å². The van der Waals surface area contributed by atoms with Crippen molar-refractivity contribution in [1.82, 2.24) is 10.2 Å². The zero-order valence-electron chi connectivity index (χ0n) is 10.6. The minimum absolute atomic E-state index is 0.150. The second-order valence-corrected chi connectivity index (χ2v) is 5.40. The molecule has 0 aliphatic carbocycles. The summed E-state index contributed by atoms with van der Waals surface area (Å²) in [5.41, 5.74) is 0.722. The number of hydrogen-bond donors (Lipinski definition) is 1. The normalized spacial score (nSPS) is 11.5. The van der Waals surface area contributed by atoms with Gasteiger partial charge in [-0.2, -0.15) is 0 Å². The lowest BCUT2D eigenvalue weighted by molar-refractivity contribution is 0.314. The Morgan fingerprint density at radius 1 is 1.41 bits per heavy atom. The van der Waals surface area contributed by atoms with Crippen LogP contribution < -0.4 is 5.32 Å². The lowest BCUT2D eigenvalue weighted by Crippen LogP contribution is -2.32. The number of rotatable bonds is 6. The van der Waals surface area contributed by atoms with E-state index in [9.17, 15) is 4.39 Å². The van der Waals surface area contributed by atoms with E-state index in [2.05, 4.69) is 40.0 Å². The maximum Gasteiger partial charge on any atom is 0.128 e. The Morgan fingerprint density at radius 3 is 2.71 bits per heavy atom. The van der Waals surface area contributed by atoms with Gasteiger partial charge in [-0.3, -0.25) is 0 Å². The third kappa shape index (κ3) is 5.15. The van der Waals surface area contributed by atoms with E-state index in [0.717, 1.165) is 23.1 Å². The van der Waals surface area contributed by atoms with Crippen LogP contribution in [0.2, 0.25) is 0 Å². The van der Waals surface area contributed by atoms with Crippen molar-refractivity contribution in [3.05, 3.63) is 34.1 Å². The lowest BCUT2D eigenvalue weighted by Gasteiger charge is -2.19. The van der Waals surface area contributed by atoms with Crippen molar-refractivity contribution < 1.29 is 4.39 Å². The van der Waals surface area contributed by atoms with Crippen LogP contribution in [0.5, 0.6) is 0 Å². The maximum atomic E-state index is 13.6. The van der Waals surface area contributed by atoms with Crippen LogP contribution >= 0.6 is 15.9 Å². The number of likely N-dealkylation sites (N-methyl/N-ethyl adjacent to an activating group) is 1. The van der Waals surface area contributed by atoms with Crippen molar-refractivity contribution in [2.75, 3.05) is 20.1 Å². The molecule has 0 bridgehead atoms. The van der Waals surface area contributed by atoms with Gasteiger partial charge in [-0.05, 0) is 19.2 Å². The molecule has 0 aromatic heterocycles. The van der Waals surface area contributed by atoms with Gasteiger partial charge in [-0.1, -0.05) is 35.8 Å². The van der Waals surface area contributed by atoms with E-state index >= 15 is 0 Å². The number of halogens is 2. The molecule has 0 heterocycles. The molecule has 0 unspecified atom stereocenters. The summed E-state index contributed by atoms with van der Waals surface area (Å²) in [5, 5.41) is 3.34. The lowest BCUT2D eigenvalue weighted by atomic mass is 10.2. The summed E-state index contributed by atoms with van der Waals surface area (Å²) in [4.78, 5) is 2.11. The smallest absolute Gasteiger partial charge is 0.128 e. The molecule has 0 saturated heterocycles. The van der Waals surface area contributed by atoms with Crippen molar-refractivity contribution in [2.24, 2.45) is 0 Å². The fraction of sp³-hybridized carbons (Fsp3) is 0.538. The van der Waals surface area contributed by atoms with Gasteiger partial charge in [0.15, 0.2) is 0 Å². The Bertz CT molecular complexity index is 335. The summed E-state index contributed by atoms with van der Waals surface area (Å²) in [7, 11) is 2.00. The number of nitrogens with zero attached hydrogens (tertiary/aromatic N) is 1. The molecule has 0 atom stereocenters. The second-order valence-electron chi connectivity index (χ2n) is 4.55. The molecule has 1 aromatic rings. The number of hydrogen-bond acceptors (Lipinski definition) is 2. The third-order valence-corrected chi connectivity index (χ3v) is 3.28. The standard InChI is InChI=1S/C13H20BrFN2/c1-10(2)16-7-8-17(3)9-11-12(14)5-4-6-13(11)15/h4-6,10,16H,7-9H2,1-3H3. The molecule has 0 fully saturated rings. The molecule has 0 aliphatic rings. The minimum Gasteiger partial charge on any atom is -0.313 e. The maximum absolute atomic E-state index is 13.6. The second kappa shape index (κ2) is 7.09. The molecule has 1 aromatic carbocycles. The summed E-state index contributed by atoms with van der Waals surface area (Å²) >= 11 is 3.38. The molecule has 0 amide bonds. The molecule has 4 heteroatoms. The summed E-state index contributed by atoms with van der Waals surface area (Å²) in [5.74, 6) is -0.150. The fourth-order valence-corrected chi connectivity index (χ4v) is 2.04. The molecule has 0 aliphatic heterocycles. The van der Waals surface area contributed by atoms with Crippen molar-refractivity contribution in [3.8, 4) is 0 Å². The summed E-state index contributed by atoms with van der Waals surface area (Å²) in [6, 6.07) is 5.57. The van der Waals surface area contributed by atoms with E-state index in [4.69, 9.17) is 0 Å². The van der Waals surface area contributed by atoms with Gasteiger partial charge in [0.05, 0.1) is 0 Å². The predicted octanol–water partition coefficient (Wildman–Crippen LogP) is 3.02. The van der Waals surface area contributed by atoms with E-state index in [-0.39, 0.29) is 5.82 Å². The molecular formula is C13H20BrFN2. The zero-order valence-corrected chi connectivity index (χ0v) is 12.2. The topological polar surface area (TPSA) is 15.3 Å². The van der Waals surface area contributed by atoms with Crippen LogP contribution in [-0.4, -0.2) is 31.1 Å². The van der Waals surface area contributed by atoms with Crippen LogP contribution in [0.15, 0.2) is 22.7 Å². The summed E-state index contributed by atoms with van der Waals surface area (Å²) in [6.07, 6.45) is 0. The van der Waals surface area contributed by atoms with Crippen molar-refractivity contribution in [2.45, 2.75) is 26.4 Å². The molecule has 17 heavy (non-hydrogen) atoms. The predicted molar refractivity (Wildman–Crippen MR) is 73.6 cm³/mol. The van der Waals surface area contributed by atoms with Crippen LogP contribution in [0, 0.1) is 5.82 Å². The molecule has 0 spiro atoms. The highest BCUT2D eigenvalue weighted by atomic mass is 79.9. The van der Waals surface area contributed by atoms with Gasteiger partial charge < -0.3 is 10.2 Å². The van der Waals surface area contributed by atoms with Gasteiger partial charge in [-0.25, -0.2) is 4.39 Å². The van der Waals surface area contributed by atoms with Crippen LogP contribution in [0.4, 0.5) is 4.39 Å². The Kier molecular flexibility index (Phi) is 6.09. The molecule has 2 nitrogen and oxygen atoms in total. The highest BCUT2D eigenvalue weighted by molar-refractivity contribution is 9.10. The Balaban J connectivity index is 2.47. The van der Waals surface area contributed by atoms with E-state index in [1.807, 2.05) is 13.1 Å². The van der Waals surface area contributed by atoms with Crippen LogP contribution in [-0.2, 0) is 6.54 Å². The van der Waals surface area contributed by atoms with Crippen molar-refractivity contribution >= 4 is 15.9 Å². The Morgan fingerprint density at radius 2 is 2.12 bits per heavy atom. The monoisotopic (exact) mass is 302 g/mol. The first-order chi connectivity index (χ1) is 8.00. The number of nitrogens with one attached hydrogen (secondary N) is 1. The molecule has 0 radical (unpaired) electrons. The first kappa shape index (κ1) is 14.6. The Hall–Kier alpha value is -0.450. The first-order valence-corrected chi connectivity index (χ1v) is 6.65. The fourth-order valence-electron chi connectivity index (χ4n) is 1.58. The zero-order chi connectivity index (χ0) is 12.8. The largest absolute Gasteiger partial charge is 0.313 e. The summed E-state index contributed by atoms with van der Waals surface area (Å²) in [6.45, 7) is 6.67. The van der Waals surface area contributed by atoms with Gasteiger partial charge in [-0.15, -0.1) is 0 Å². The van der Waals surface area contributed by atoms with Crippen LogP contribution in [0.25, 0.3) is 0 Å². The van der Waals surface area contributed by atoms with Gasteiger partial charge in [0.1, 0.15) is 5.82 Å². The third-order valence-electron chi connectivity index (χ3n) is 2.54. The molecule has 1 N–H and O–H groups in total. The Labute approximate surface area is 111 Å². The van der Waals surface area contributed by atoms with Crippen molar-refractivity contribution in [3.63, 3.8) is 0 Å². The minimum atomic E-state index is -0.150. The van der Waals surface area contributed by atoms with E-state index in [1.54, 1.807) is 6.07 Å².